The number of hydrogen-bond donors (Lipinski definition) is 2. The van der Waals surface area contributed by atoms with Crippen LogP contribution in [0.4, 0.5) is 5.82 Å². The molecule has 8 heteroatoms. The van der Waals surface area contributed by atoms with Gasteiger partial charge in [0.1, 0.15) is 5.82 Å². The molecule has 1 saturated heterocycles. The lowest BCUT2D eigenvalue weighted by Gasteiger charge is -2.32. The van der Waals surface area contributed by atoms with E-state index in [0.29, 0.717) is 6.54 Å². The van der Waals surface area contributed by atoms with Gasteiger partial charge in [0.2, 0.25) is 0 Å². The first kappa shape index (κ1) is 22.3. The lowest BCUT2D eigenvalue weighted by atomic mass is 10.2. The second-order valence-corrected chi connectivity index (χ2v) is 6.75. The van der Waals surface area contributed by atoms with Crippen LogP contribution in [0.2, 0.25) is 0 Å². The Morgan fingerprint density at radius 1 is 1.44 bits per heavy atom. The second-order valence-electron chi connectivity index (χ2n) is 5.77. The largest absolute Gasteiger partial charge is 0.375 e. The number of nitrogens with one attached hydrogen (secondary N) is 2. The molecule has 1 aromatic heterocycles. The van der Waals surface area contributed by atoms with Crippen LogP contribution in [0.3, 0.4) is 0 Å². The molecule has 1 atom stereocenters. The third kappa shape index (κ3) is 8.00. The van der Waals surface area contributed by atoms with Crippen molar-refractivity contribution in [3.63, 3.8) is 0 Å². The van der Waals surface area contributed by atoms with Gasteiger partial charge in [-0.3, -0.25) is 0 Å². The summed E-state index contributed by atoms with van der Waals surface area (Å²) >= 11 is 1.82. The highest BCUT2D eigenvalue weighted by Crippen LogP contribution is 2.15. The number of morpholine rings is 1. The van der Waals surface area contributed by atoms with Gasteiger partial charge in [0.15, 0.2) is 5.96 Å². The fourth-order valence-electron chi connectivity index (χ4n) is 2.51. The number of ether oxygens (including phenoxy) is 1. The summed E-state index contributed by atoms with van der Waals surface area (Å²) in [6.07, 6.45) is 4.29. The van der Waals surface area contributed by atoms with Crippen molar-refractivity contribution in [3.05, 3.63) is 23.9 Å². The Hall–Kier alpha value is -0.740. The van der Waals surface area contributed by atoms with Gasteiger partial charge in [-0.15, -0.1) is 24.0 Å². The van der Waals surface area contributed by atoms with Crippen LogP contribution in [0.1, 0.15) is 19.4 Å². The van der Waals surface area contributed by atoms with Gasteiger partial charge in [-0.25, -0.2) is 9.98 Å². The average Bonchev–Trinajstić information content (AvgIpc) is 2.60. The third-order valence-electron chi connectivity index (χ3n) is 3.74. The van der Waals surface area contributed by atoms with Gasteiger partial charge < -0.3 is 20.3 Å². The highest BCUT2D eigenvalue weighted by Gasteiger charge is 2.17. The number of nitrogens with zero attached hydrogens (tertiary/aromatic N) is 3. The standard InChI is InChI=1S/C17H29N5OS.HI/c1-4-18-17(19-7-10-24-3)21-12-15-5-6-16(20-11-15)22-8-9-23-14(2)13-22;/h5-6,11,14H,4,7-10,12-13H2,1-3H3,(H2,18,19,21);1H. The fourth-order valence-corrected chi connectivity index (χ4v) is 2.81. The summed E-state index contributed by atoms with van der Waals surface area (Å²) < 4.78 is 5.58. The van der Waals surface area contributed by atoms with Crippen molar-refractivity contribution in [2.45, 2.75) is 26.5 Å². The number of anilines is 1. The van der Waals surface area contributed by atoms with Crippen molar-refractivity contribution in [1.29, 1.82) is 0 Å². The molecule has 142 valence electrons. The molecule has 1 unspecified atom stereocenters. The Bertz CT molecular complexity index is 514. The highest BCUT2D eigenvalue weighted by atomic mass is 127. The van der Waals surface area contributed by atoms with Crippen molar-refractivity contribution in [2.75, 3.05) is 49.7 Å². The minimum atomic E-state index is 0. The average molecular weight is 479 g/mol. The SMILES string of the molecule is CCNC(=NCc1ccc(N2CCOC(C)C2)nc1)NCCSC.I. The second kappa shape index (κ2) is 12.6. The van der Waals surface area contributed by atoms with Crippen molar-refractivity contribution in [1.82, 2.24) is 15.6 Å². The van der Waals surface area contributed by atoms with Crippen LogP contribution in [0.15, 0.2) is 23.3 Å². The molecule has 0 aromatic carbocycles. The van der Waals surface area contributed by atoms with Crippen LogP contribution in [-0.2, 0) is 11.3 Å². The van der Waals surface area contributed by atoms with Crippen LogP contribution in [0.25, 0.3) is 0 Å². The zero-order valence-electron chi connectivity index (χ0n) is 15.3. The third-order valence-corrected chi connectivity index (χ3v) is 4.35. The number of guanidine groups is 1. The number of pyridine rings is 1. The summed E-state index contributed by atoms with van der Waals surface area (Å²) in [4.78, 5) is 11.5. The lowest BCUT2D eigenvalue weighted by Crippen LogP contribution is -2.41. The van der Waals surface area contributed by atoms with E-state index in [-0.39, 0.29) is 30.1 Å². The maximum absolute atomic E-state index is 5.58. The summed E-state index contributed by atoms with van der Waals surface area (Å²) in [7, 11) is 0. The Balaban J connectivity index is 0.00000312. The maximum Gasteiger partial charge on any atom is 0.191 e. The van der Waals surface area contributed by atoms with E-state index in [4.69, 9.17) is 4.74 Å². The molecule has 2 heterocycles. The molecule has 0 amide bonds. The van der Waals surface area contributed by atoms with E-state index in [0.717, 1.165) is 55.9 Å². The first-order chi connectivity index (χ1) is 11.7. The zero-order valence-corrected chi connectivity index (χ0v) is 18.5. The molecule has 0 bridgehead atoms. The van der Waals surface area contributed by atoms with Crippen LogP contribution >= 0.6 is 35.7 Å². The van der Waals surface area contributed by atoms with E-state index in [1.165, 1.54) is 0 Å². The van der Waals surface area contributed by atoms with Gasteiger partial charge >= 0.3 is 0 Å². The quantitative estimate of drug-likeness (QED) is 0.271. The first-order valence-electron chi connectivity index (χ1n) is 8.55. The van der Waals surface area contributed by atoms with Crippen molar-refractivity contribution in [3.8, 4) is 0 Å². The summed E-state index contributed by atoms with van der Waals surface area (Å²) in [5, 5.41) is 6.60. The molecule has 25 heavy (non-hydrogen) atoms. The van der Waals surface area contributed by atoms with E-state index in [2.05, 4.69) is 57.7 Å². The van der Waals surface area contributed by atoms with Gasteiger partial charge in [0, 0.05) is 38.1 Å². The van der Waals surface area contributed by atoms with Gasteiger partial charge in [0.25, 0.3) is 0 Å². The molecule has 6 nitrogen and oxygen atoms in total. The molecule has 0 spiro atoms. The molecular formula is C17H30IN5OS. The van der Waals surface area contributed by atoms with E-state index < -0.39 is 0 Å². The minimum Gasteiger partial charge on any atom is -0.375 e. The number of thioether (sulfide) groups is 1. The number of halogens is 1. The smallest absolute Gasteiger partial charge is 0.191 e. The minimum absolute atomic E-state index is 0. The van der Waals surface area contributed by atoms with Crippen LogP contribution in [0, 0.1) is 0 Å². The Kier molecular flexibility index (Phi) is 11.2. The molecular weight excluding hydrogens is 449 g/mol. The first-order valence-corrected chi connectivity index (χ1v) is 9.95. The fraction of sp³-hybridized carbons (Fsp3) is 0.647. The van der Waals surface area contributed by atoms with E-state index in [1.807, 2.05) is 18.0 Å². The molecule has 2 rings (SSSR count). The molecule has 1 aliphatic rings. The predicted octanol–water partition coefficient (Wildman–Crippen LogP) is 2.34. The van der Waals surface area contributed by atoms with E-state index in [1.54, 1.807) is 0 Å². The van der Waals surface area contributed by atoms with Crippen LogP contribution in [0.5, 0.6) is 0 Å². The predicted molar refractivity (Wildman–Crippen MR) is 118 cm³/mol. The van der Waals surface area contributed by atoms with Gasteiger partial charge in [-0.05, 0) is 31.7 Å². The van der Waals surface area contributed by atoms with E-state index >= 15 is 0 Å². The van der Waals surface area contributed by atoms with Gasteiger partial charge in [-0.2, -0.15) is 11.8 Å². The molecule has 0 radical (unpaired) electrons. The zero-order chi connectivity index (χ0) is 17.2. The normalized spacial score (nSPS) is 17.8. The number of hydrogen-bond acceptors (Lipinski definition) is 5. The molecule has 0 saturated carbocycles. The number of rotatable bonds is 7. The molecule has 1 fully saturated rings. The van der Waals surface area contributed by atoms with Gasteiger partial charge in [-0.1, -0.05) is 6.07 Å². The van der Waals surface area contributed by atoms with Crippen molar-refractivity contribution >= 4 is 47.5 Å². The molecule has 2 N–H and O–H groups in total. The maximum atomic E-state index is 5.58. The lowest BCUT2D eigenvalue weighted by molar-refractivity contribution is 0.0529. The Morgan fingerprint density at radius 3 is 2.92 bits per heavy atom. The highest BCUT2D eigenvalue weighted by molar-refractivity contribution is 14.0. The van der Waals surface area contributed by atoms with Crippen LogP contribution < -0.4 is 15.5 Å². The summed E-state index contributed by atoms with van der Waals surface area (Å²) in [5.74, 6) is 2.94. The number of aliphatic imine (C=N–C) groups is 1. The van der Waals surface area contributed by atoms with Crippen LogP contribution in [-0.4, -0.2) is 61.8 Å². The topological polar surface area (TPSA) is 61.8 Å². The molecule has 0 aliphatic carbocycles. The van der Waals surface area contributed by atoms with Gasteiger partial charge in [0.05, 0.1) is 19.3 Å². The summed E-state index contributed by atoms with van der Waals surface area (Å²) in [6, 6.07) is 4.19. The van der Waals surface area contributed by atoms with Crippen molar-refractivity contribution in [2.24, 2.45) is 4.99 Å². The molecule has 1 aromatic rings. The van der Waals surface area contributed by atoms with Crippen molar-refractivity contribution < 1.29 is 4.74 Å². The summed E-state index contributed by atoms with van der Waals surface area (Å²) in [6.45, 7) is 9.14. The molecule has 1 aliphatic heterocycles. The monoisotopic (exact) mass is 479 g/mol. The number of aromatic nitrogens is 1. The Labute approximate surface area is 172 Å². The Morgan fingerprint density at radius 2 is 2.28 bits per heavy atom. The van der Waals surface area contributed by atoms with E-state index in [9.17, 15) is 0 Å². The summed E-state index contributed by atoms with van der Waals surface area (Å²) in [5.41, 5.74) is 1.11.